The molecule has 0 aliphatic carbocycles. The Hall–Kier alpha value is -3.20. The molecule has 0 saturated heterocycles. The number of carbonyl (C=O) groups is 1. The van der Waals surface area contributed by atoms with Gasteiger partial charge in [-0.05, 0) is 73.7 Å². The van der Waals surface area contributed by atoms with Crippen molar-refractivity contribution in [2.75, 3.05) is 23.3 Å². The van der Waals surface area contributed by atoms with Crippen molar-refractivity contribution in [2.45, 2.75) is 45.4 Å². The van der Waals surface area contributed by atoms with E-state index in [-0.39, 0.29) is 12.3 Å². The molecule has 37 heavy (non-hydrogen) atoms. The first kappa shape index (κ1) is 28.4. The lowest BCUT2D eigenvalue weighted by molar-refractivity contribution is -0.115. The molecular formula is C29H34N4O2S2. The molecule has 8 heteroatoms. The first-order chi connectivity index (χ1) is 18.1. The fraction of sp³-hybridized carbons (Fsp3) is 0.276. The highest BCUT2D eigenvalue weighted by Crippen LogP contribution is 2.40. The van der Waals surface area contributed by atoms with E-state index in [0.717, 1.165) is 41.9 Å². The van der Waals surface area contributed by atoms with Crippen LogP contribution < -0.4 is 9.62 Å². The van der Waals surface area contributed by atoms with Crippen molar-refractivity contribution >= 4 is 40.0 Å². The largest absolute Gasteiger partial charge is 0.400 e. The average Bonchev–Trinajstić information content (AvgIpc) is 3.50. The molecule has 0 fully saturated rings. The van der Waals surface area contributed by atoms with Gasteiger partial charge in [0.25, 0.3) is 0 Å². The molecule has 0 spiro atoms. The summed E-state index contributed by atoms with van der Waals surface area (Å²) >= 11 is 3.31. The molecule has 1 aliphatic rings. The third kappa shape index (κ3) is 7.19. The number of hydrogen-bond donors (Lipinski definition) is 2. The molecule has 0 saturated carbocycles. The first-order valence-electron chi connectivity index (χ1n) is 12.3. The zero-order valence-corrected chi connectivity index (χ0v) is 23.6. The van der Waals surface area contributed by atoms with Crippen LogP contribution in [0.4, 0.5) is 10.8 Å². The minimum Gasteiger partial charge on any atom is -0.400 e. The van der Waals surface area contributed by atoms with Crippen LogP contribution in [0.25, 0.3) is 11.3 Å². The van der Waals surface area contributed by atoms with Crippen LogP contribution in [-0.4, -0.2) is 34.6 Å². The number of rotatable bonds is 6. The van der Waals surface area contributed by atoms with Gasteiger partial charge in [-0.3, -0.25) is 9.78 Å². The molecule has 1 amide bonds. The maximum atomic E-state index is 12.4. The zero-order valence-electron chi connectivity index (χ0n) is 22.0. The number of nitrogens with one attached hydrogen (secondary N) is 1. The third-order valence-corrected chi connectivity index (χ3v) is 7.76. The van der Waals surface area contributed by atoms with Crippen molar-refractivity contribution in [1.82, 2.24) is 9.97 Å². The molecule has 3 heterocycles. The number of aliphatic hydroxyl groups is 1. The predicted octanol–water partition coefficient (Wildman–Crippen LogP) is 6.71. The van der Waals surface area contributed by atoms with Crippen LogP contribution in [0.1, 0.15) is 35.5 Å². The minimum absolute atomic E-state index is 0.105. The van der Waals surface area contributed by atoms with Crippen molar-refractivity contribution in [2.24, 2.45) is 0 Å². The summed E-state index contributed by atoms with van der Waals surface area (Å²) in [7, 11) is 1.00. The van der Waals surface area contributed by atoms with Crippen LogP contribution in [0, 0.1) is 13.8 Å². The lowest BCUT2D eigenvalue weighted by Gasteiger charge is -2.19. The number of benzene rings is 2. The number of pyridine rings is 1. The number of nitrogens with zero attached hydrogens (tertiary/aromatic N) is 3. The van der Waals surface area contributed by atoms with Gasteiger partial charge in [-0.1, -0.05) is 44.2 Å². The highest BCUT2D eigenvalue weighted by atomic mass is 32.2. The van der Waals surface area contributed by atoms with E-state index in [9.17, 15) is 4.79 Å². The third-order valence-electron chi connectivity index (χ3n) is 5.62. The number of carbonyl (C=O) groups excluding carboxylic acids is 1. The molecule has 2 aromatic carbocycles. The van der Waals surface area contributed by atoms with Gasteiger partial charge in [0, 0.05) is 40.9 Å². The van der Waals surface area contributed by atoms with Gasteiger partial charge < -0.3 is 14.7 Å². The summed E-state index contributed by atoms with van der Waals surface area (Å²) in [5, 5.41) is 10.6. The van der Waals surface area contributed by atoms with Crippen LogP contribution in [-0.2, 0) is 17.6 Å². The molecule has 2 N–H and O–H groups in total. The van der Waals surface area contributed by atoms with Crippen LogP contribution in [0.5, 0.6) is 0 Å². The summed E-state index contributed by atoms with van der Waals surface area (Å²) in [6.07, 6.45) is 2.95. The van der Waals surface area contributed by atoms with Crippen LogP contribution in [0.3, 0.4) is 0 Å². The number of fused-ring (bicyclic) bond motifs is 1. The van der Waals surface area contributed by atoms with Gasteiger partial charge >= 0.3 is 0 Å². The number of aliphatic hydroxyl groups excluding tert-OH is 1. The van der Waals surface area contributed by atoms with E-state index in [1.807, 2.05) is 32.0 Å². The molecule has 5 rings (SSSR count). The number of amides is 1. The smallest absolute Gasteiger partial charge is 0.232 e. The lowest BCUT2D eigenvalue weighted by atomic mass is 10.1. The Balaban J connectivity index is 0.000000907. The number of anilines is 2. The van der Waals surface area contributed by atoms with E-state index in [1.165, 1.54) is 33.0 Å². The Morgan fingerprint density at radius 3 is 2.57 bits per heavy atom. The van der Waals surface area contributed by atoms with E-state index >= 15 is 0 Å². The number of aromatic nitrogens is 2. The van der Waals surface area contributed by atoms with E-state index in [4.69, 9.17) is 10.1 Å². The number of aryl methyl sites for hydroxylation is 2. The van der Waals surface area contributed by atoms with Crippen molar-refractivity contribution in [1.29, 1.82) is 0 Å². The van der Waals surface area contributed by atoms with Crippen molar-refractivity contribution in [3.8, 4) is 11.3 Å². The van der Waals surface area contributed by atoms with E-state index in [0.29, 0.717) is 5.13 Å². The fourth-order valence-electron chi connectivity index (χ4n) is 3.94. The normalized spacial score (nSPS) is 11.6. The molecule has 0 radical (unpaired) electrons. The summed E-state index contributed by atoms with van der Waals surface area (Å²) < 4.78 is 2.37. The number of thiazole rings is 1. The minimum atomic E-state index is -0.105. The molecule has 0 bridgehead atoms. The van der Waals surface area contributed by atoms with Crippen molar-refractivity contribution in [3.63, 3.8) is 0 Å². The lowest BCUT2D eigenvalue weighted by Crippen LogP contribution is -2.14. The van der Waals surface area contributed by atoms with Crippen LogP contribution in [0.15, 0.2) is 71.8 Å². The summed E-state index contributed by atoms with van der Waals surface area (Å²) in [4.78, 5) is 23.7. The summed E-state index contributed by atoms with van der Waals surface area (Å²) in [5.74, 6) is -0.105. The van der Waals surface area contributed by atoms with Gasteiger partial charge in [0.1, 0.15) is 0 Å². The maximum absolute atomic E-state index is 12.4. The van der Waals surface area contributed by atoms with Gasteiger partial charge in [0.05, 0.1) is 17.8 Å². The molecule has 0 atom stereocenters. The summed E-state index contributed by atoms with van der Waals surface area (Å²) in [6, 6.07) is 20.7. The molecule has 2 aromatic heterocycles. The Labute approximate surface area is 227 Å². The summed E-state index contributed by atoms with van der Waals surface area (Å²) in [5.41, 5.74) is 6.67. The van der Waals surface area contributed by atoms with E-state index < -0.39 is 0 Å². The van der Waals surface area contributed by atoms with E-state index in [1.54, 1.807) is 18.1 Å². The fourth-order valence-corrected chi connectivity index (χ4v) is 5.84. The molecule has 4 aromatic rings. The maximum Gasteiger partial charge on any atom is 0.232 e. The quantitative estimate of drug-likeness (QED) is 0.268. The van der Waals surface area contributed by atoms with Gasteiger partial charge in [-0.25, -0.2) is 4.98 Å². The zero-order chi connectivity index (χ0) is 26.8. The first-order valence-corrected chi connectivity index (χ1v) is 13.9. The van der Waals surface area contributed by atoms with Crippen LogP contribution >= 0.6 is 23.3 Å². The molecule has 6 nitrogen and oxygen atoms in total. The van der Waals surface area contributed by atoms with Crippen molar-refractivity contribution < 1.29 is 9.90 Å². The van der Waals surface area contributed by atoms with Gasteiger partial charge in [0.15, 0.2) is 5.13 Å². The Bertz CT molecular complexity index is 1310. The predicted molar refractivity (Wildman–Crippen MR) is 156 cm³/mol. The molecule has 194 valence electrons. The average molecular weight is 535 g/mol. The second-order valence-corrected chi connectivity index (χ2v) is 10.3. The molecular weight excluding hydrogens is 500 g/mol. The van der Waals surface area contributed by atoms with Gasteiger partial charge in [-0.15, -0.1) is 11.3 Å². The highest BCUT2D eigenvalue weighted by Gasteiger charge is 2.22. The monoisotopic (exact) mass is 534 g/mol. The second-order valence-electron chi connectivity index (χ2n) is 8.02. The standard InChI is InChI=1S/C26H24N4OS2.C2H6.CH4O/c1-17-7-3-4-9-23(17)33-30-14-12-19-15-20(10-11-22(19)30)25-18(2)32-26(29-25)28-24(31)16-21-8-5-6-13-27-21;2*1-2/h3-11,13,15H,12,14,16H2,1-2H3,(H,28,29,31);1-2H3;2H,1H3. The Morgan fingerprint density at radius 2 is 1.84 bits per heavy atom. The Kier molecular flexibility index (Phi) is 10.7. The SMILES string of the molecule is CC.CO.Cc1ccccc1SN1CCc2cc(-c3nc(NC(=O)Cc4ccccn4)sc3C)ccc21. The molecule has 0 unspecified atom stereocenters. The van der Waals surface area contributed by atoms with Gasteiger partial charge in [-0.2, -0.15) is 0 Å². The number of hydrogen-bond acceptors (Lipinski definition) is 7. The Morgan fingerprint density at radius 1 is 1.08 bits per heavy atom. The van der Waals surface area contributed by atoms with Gasteiger partial charge in [0.2, 0.25) is 5.91 Å². The summed E-state index contributed by atoms with van der Waals surface area (Å²) in [6.45, 7) is 9.19. The van der Waals surface area contributed by atoms with Crippen molar-refractivity contribution in [3.05, 3.63) is 88.6 Å². The van der Waals surface area contributed by atoms with E-state index in [2.05, 4.69) is 70.9 Å². The van der Waals surface area contributed by atoms with Crippen LogP contribution in [0.2, 0.25) is 0 Å². The molecule has 1 aliphatic heterocycles. The topological polar surface area (TPSA) is 78.4 Å². The second kappa shape index (κ2) is 13.9. The highest BCUT2D eigenvalue weighted by molar-refractivity contribution is 8.00.